The summed E-state index contributed by atoms with van der Waals surface area (Å²) in [6.45, 7) is 1.88. The van der Waals surface area contributed by atoms with Crippen LogP contribution in [-0.2, 0) is 10.0 Å². The van der Waals surface area contributed by atoms with Crippen LogP contribution in [0.3, 0.4) is 0 Å². The number of sulfonamides is 1. The van der Waals surface area contributed by atoms with Gasteiger partial charge in [-0.15, -0.1) is 0 Å². The number of thiazole rings is 1. The Hall–Kier alpha value is -3.01. The molecule has 0 atom stereocenters. The first kappa shape index (κ1) is 18.4. The first-order valence-electron chi connectivity index (χ1n) is 8.32. The van der Waals surface area contributed by atoms with Gasteiger partial charge in [0.25, 0.3) is 0 Å². The molecule has 0 unspecified atom stereocenters. The topological polar surface area (TPSA) is 107 Å². The van der Waals surface area contributed by atoms with Crippen LogP contribution in [0.4, 0.5) is 5.69 Å². The van der Waals surface area contributed by atoms with Gasteiger partial charge in [0, 0.05) is 18.0 Å². The van der Waals surface area contributed by atoms with Gasteiger partial charge in [0.05, 0.1) is 21.6 Å². The molecule has 0 aliphatic rings. The van der Waals surface area contributed by atoms with Gasteiger partial charge in [-0.3, -0.25) is 9.20 Å². The number of aryl methyl sites for hydroxylation is 1. The number of nitrogens with zero attached hydrogens (tertiary/aromatic N) is 2. The van der Waals surface area contributed by atoms with Gasteiger partial charge in [-0.25, -0.2) is 18.5 Å². The largest absolute Gasteiger partial charge is 0.360 e. The van der Waals surface area contributed by atoms with Crippen molar-refractivity contribution in [3.05, 3.63) is 71.4 Å². The number of fused-ring (bicyclic) bond motifs is 3. The van der Waals surface area contributed by atoms with E-state index in [0.29, 0.717) is 10.6 Å². The molecule has 2 aromatic carbocycles. The van der Waals surface area contributed by atoms with Crippen LogP contribution in [0.5, 0.6) is 0 Å². The van der Waals surface area contributed by atoms with E-state index in [0.717, 1.165) is 21.7 Å². The van der Waals surface area contributed by atoms with E-state index in [1.54, 1.807) is 18.2 Å². The molecule has 0 aliphatic carbocycles. The molecular formula is C19H16N4O3S2. The van der Waals surface area contributed by atoms with Gasteiger partial charge < -0.3 is 5.32 Å². The number of aromatic nitrogens is 2. The predicted octanol–water partition coefficient (Wildman–Crippen LogP) is 3.31. The molecule has 0 radical (unpaired) electrons. The number of imidazole rings is 1. The number of ketones is 1. The first-order chi connectivity index (χ1) is 13.4. The monoisotopic (exact) mass is 412 g/mol. The number of para-hydroxylation sites is 3. The van der Waals surface area contributed by atoms with Crippen LogP contribution in [0.15, 0.2) is 65.7 Å². The molecule has 142 valence electrons. The smallest absolute Gasteiger partial charge is 0.240 e. The van der Waals surface area contributed by atoms with Crippen LogP contribution in [-0.4, -0.2) is 23.6 Å². The van der Waals surface area contributed by atoms with Crippen molar-refractivity contribution in [3.8, 4) is 0 Å². The summed E-state index contributed by atoms with van der Waals surface area (Å²) in [5.41, 5.74) is 2.95. The average Bonchev–Trinajstić information content (AvgIpc) is 3.18. The van der Waals surface area contributed by atoms with Crippen LogP contribution in [0, 0.1) is 6.92 Å². The minimum atomic E-state index is -3.86. The van der Waals surface area contributed by atoms with Crippen molar-refractivity contribution >= 4 is 48.8 Å². The molecule has 28 heavy (non-hydrogen) atoms. The van der Waals surface area contributed by atoms with Gasteiger partial charge in [0.15, 0.2) is 10.7 Å². The zero-order valence-corrected chi connectivity index (χ0v) is 16.4. The van der Waals surface area contributed by atoms with Crippen molar-refractivity contribution in [3.63, 3.8) is 0 Å². The Bertz CT molecular complexity index is 1350. The molecule has 0 saturated carbocycles. The van der Waals surface area contributed by atoms with Crippen LogP contribution in [0.25, 0.3) is 16.0 Å². The molecule has 2 aromatic heterocycles. The molecule has 0 spiro atoms. The minimum Gasteiger partial charge on any atom is -0.360 e. The summed E-state index contributed by atoms with van der Waals surface area (Å²) < 4.78 is 25.2. The van der Waals surface area contributed by atoms with Crippen LogP contribution >= 0.6 is 11.3 Å². The van der Waals surface area contributed by atoms with Gasteiger partial charge in [-0.05, 0) is 31.2 Å². The van der Waals surface area contributed by atoms with Gasteiger partial charge in [-0.1, -0.05) is 35.6 Å². The summed E-state index contributed by atoms with van der Waals surface area (Å²) in [6, 6.07) is 14.0. The predicted molar refractivity (Wildman–Crippen MR) is 110 cm³/mol. The number of nitrogens with one attached hydrogen (secondary N) is 1. The van der Waals surface area contributed by atoms with E-state index in [1.807, 2.05) is 35.6 Å². The SMILES string of the molecule is Cc1c(C(=O)/C=C/Nc2ccccc2S(N)(=O)=O)sc2nc3ccccc3n12. The number of hydrogen-bond donors (Lipinski definition) is 2. The summed E-state index contributed by atoms with van der Waals surface area (Å²) in [6.07, 6.45) is 2.77. The molecule has 7 nitrogen and oxygen atoms in total. The normalized spacial score (nSPS) is 12.2. The second-order valence-corrected chi connectivity index (χ2v) is 8.63. The highest BCUT2D eigenvalue weighted by molar-refractivity contribution is 7.89. The number of primary sulfonamides is 1. The number of hydrogen-bond acceptors (Lipinski definition) is 6. The Kier molecular flexibility index (Phi) is 4.50. The third kappa shape index (κ3) is 3.19. The van der Waals surface area contributed by atoms with Crippen molar-refractivity contribution in [2.24, 2.45) is 5.14 Å². The number of carbonyl (C=O) groups excluding carboxylic acids is 1. The molecule has 0 fully saturated rings. The Morgan fingerprint density at radius 3 is 2.68 bits per heavy atom. The van der Waals surface area contributed by atoms with Crippen molar-refractivity contribution in [1.82, 2.24) is 9.38 Å². The maximum atomic E-state index is 12.6. The number of benzene rings is 2. The highest BCUT2D eigenvalue weighted by Crippen LogP contribution is 2.28. The van der Waals surface area contributed by atoms with Gasteiger partial charge in [-0.2, -0.15) is 0 Å². The second-order valence-electron chi connectivity index (χ2n) is 6.12. The molecule has 2 heterocycles. The summed E-state index contributed by atoms with van der Waals surface area (Å²) in [5.74, 6) is -0.197. The lowest BCUT2D eigenvalue weighted by atomic mass is 10.2. The molecule has 0 saturated heterocycles. The molecular weight excluding hydrogens is 396 g/mol. The van der Waals surface area contributed by atoms with E-state index in [-0.39, 0.29) is 10.7 Å². The standard InChI is InChI=1S/C19H16N4O3S2/c1-12-18(27-19-22-13-6-2-4-8-15(13)23(12)19)16(24)10-11-21-14-7-3-5-9-17(14)28(20,25)26/h2-11,21H,1H3,(H2,20,25,26)/b11-10+. The van der Waals surface area contributed by atoms with E-state index in [1.165, 1.54) is 29.7 Å². The zero-order valence-electron chi connectivity index (χ0n) is 14.8. The summed E-state index contributed by atoms with van der Waals surface area (Å²) in [5, 5.41) is 8.03. The van der Waals surface area contributed by atoms with Gasteiger partial charge >= 0.3 is 0 Å². The number of anilines is 1. The van der Waals surface area contributed by atoms with E-state index >= 15 is 0 Å². The summed E-state index contributed by atoms with van der Waals surface area (Å²) in [7, 11) is -3.86. The van der Waals surface area contributed by atoms with Crippen molar-refractivity contribution < 1.29 is 13.2 Å². The number of nitrogens with two attached hydrogens (primary N) is 1. The van der Waals surface area contributed by atoms with Crippen LogP contribution in [0.2, 0.25) is 0 Å². The number of allylic oxidation sites excluding steroid dienone is 1. The quantitative estimate of drug-likeness (QED) is 0.386. The Balaban J connectivity index is 1.62. The zero-order chi connectivity index (χ0) is 19.9. The molecule has 0 bridgehead atoms. The van der Waals surface area contributed by atoms with E-state index in [4.69, 9.17) is 5.14 Å². The van der Waals surface area contributed by atoms with Crippen LogP contribution in [0.1, 0.15) is 15.4 Å². The third-order valence-corrected chi connectivity index (χ3v) is 6.40. The Morgan fingerprint density at radius 2 is 1.89 bits per heavy atom. The fourth-order valence-corrected chi connectivity index (χ4v) is 4.77. The third-order valence-electron chi connectivity index (χ3n) is 4.28. The molecule has 3 N–H and O–H groups in total. The van der Waals surface area contributed by atoms with Gasteiger partial charge in [0.1, 0.15) is 4.90 Å². The van der Waals surface area contributed by atoms with E-state index < -0.39 is 10.0 Å². The van der Waals surface area contributed by atoms with Gasteiger partial charge in [0.2, 0.25) is 10.0 Å². The molecule has 0 aliphatic heterocycles. The second kappa shape index (κ2) is 6.86. The van der Waals surface area contributed by atoms with E-state index in [2.05, 4.69) is 10.3 Å². The lowest BCUT2D eigenvalue weighted by Gasteiger charge is -2.06. The number of carbonyl (C=O) groups is 1. The highest BCUT2D eigenvalue weighted by atomic mass is 32.2. The van der Waals surface area contributed by atoms with Crippen LogP contribution < -0.4 is 10.5 Å². The molecule has 4 aromatic rings. The Morgan fingerprint density at radius 1 is 1.18 bits per heavy atom. The molecule has 0 amide bonds. The van der Waals surface area contributed by atoms with Crippen molar-refractivity contribution in [1.29, 1.82) is 0 Å². The molecule has 4 rings (SSSR count). The minimum absolute atomic E-state index is 0.0376. The van der Waals surface area contributed by atoms with Crippen molar-refractivity contribution in [2.45, 2.75) is 11.8 Å². The number of rotatable bonds is 5. The maximum Gasteiger partial charge on any atom is 0.240 e. The Labute approximate surface area is 165 Å². The summed E-state index contributed by atoms with van der Waals surface area (Å²) >= 11 is 1.32. The maximum absolute atomic E-state index is 12.6. The fourth-order valence-electron chi connectivity index (χ4n) is 3.01. The lowest BCUT2D eigenvalue weighted by molar-refractivity contribution is 0.104. The first-order valence-corrected chi connectivity index (χ1v) is 10.7. The van der Waals surface area contributed by atoms with E-state index in [9.17, 15) is 13.2 Å². The lowest BCUT2D eigenvalue weighted by Crippen LogP contribution is -2.13. The average molecular weight is 412 g/mol. The molecule has 9 heteroatoms. The fraction of sp³-hybridized carbons (Fsp3) is 0.0526. The highest BCUT2D eigenvalue weighted by Gasteiger charge is 2.17. The summed E-state index contributed by atoms with van der Waals surface area (Å²) in [4.78, 5) is 18.5. The van der Waals surface area contributed by atoms with Crippen molar-refractivity contribution in [2.75, 3.05) is 5.32 Å².